The van der Waals surface area contributed by atoms with Crippen molar-refractivity contribution in [2.45, 2.75) is 18.4 Å². The SMILES string of the molecule is OCC(O)C(O)c1ccc(OCC(F)(F)F)cc1. The summed E-state index contributed by atoms with van der Waals surface area (Å²) in [6, 6.07) is 5.12. The van der Waals surface area contributed by atoms with Crippen molar-refractivity contribution in [3.63, 3.8) is 0 Å². The predicted octanol–water partition coefficient (Wildman–Crippen LogP) is 1.01. The van der Waals surface area contributed by atoms with Crippen LogP contribution in [0.4, 0.5) is 13.2 Å². The van der Waals surface area contributed by atoms with Crippen LogP contribution in [0.5, 0.6) is 5.75 Å². The van der Waals surface area contributed by atoms with Gasteiger partial charge in [-0.1, -0.05) is 12.1 Å². The first kappa shape index (κ1) is 14.7. The molecule has 0 saturated carbocycles. The number of aliphatic hydroxyl groups excluding tert-OH is 3. The molecular formula is C11H13F3O4. The summed E-state index contributed by atoms with van der Waals surface area (Å²) >= 11 is 0. The topological polar surface area (TPSA) is 69.9 Å². The summed E-state index contributed by atoms with van der Waals surface area (Å²) in [4.78, 5) is 0. The van der Waals surface area contributed by atoms with Crippen LogP contribution in [0.1, 0.15) is 11.7 Å². The van der Waals surface area contributed by atoms with E-state index in [-0.39, 0.29) is 11.3 Å². The molecule has 0 amide bonds. The van der Waals surface area contributed by atoms with E-state index in [9.17, 15) is 23.4 Å². The second-order valence-electron chi connectivity index (χ2n) is 3.67. The highest BCUT2D eigenvalue weighted by Gasteiger charge is 2.28. The monoisotopic (exact) mass is 266 g/mol. The van der Waals surface area contributed by atoms with Gasteiger partial charge in [-0.25, -0.2) is 0 Å². The second kappa shape index (κ2) is 6.03. The third kappa shape index (κ3) is 4.52. The fraction of sp³-hybridized carbons (Fsp3) is 0.455. The lowest BCUT2D eigenvalue weighted by Crippen LogP contribution is -2.22. The van der Waals surface area contributed by atoms with E-state index in [4.69, 9.17) is 5.11 Å². The molecule has 0 spiro atoms. The number of aliphatic hydroxyl groups is 3. The minimum absolute atomic E-state index is 0.00163. The molecule has 102 valence electrons. The Morgan fingerprint density at radius 1 is 1.11 bits per heavy atom. The third-order valence-corrected chi connectivity index (χ3v) is 2.18. The van der Waals surface area contributed by atoms with Gasteiger partial charge in [0.1, 0.15) is 18.0 Å². The van der Waals surface area contributed by atoms with E-state index in [2.05, 4.69) is 4.74 Å². The first-order chi connectivity index (χ1) is 8.33. The molecule has 2 unspecified atom stereocenters. The lowest BCUT2D eigenvalue weighted by Gasteiger charge is -2.16. The Balaban J connectivity index is 2.63. The molecule has 1 aromatic carbocycles. The van der Waals surface area contributed by atoms with E-state index >= 15 is 0 Å². The second-order valence-corrected chi connectivity index (χ2v) is 3.67. The molecule has 0 heterocycles. The number of ether oxygens (including phenoxy) is 1. The molecule has 0 saturated heterocycles. The maximum atomic E-state index is 11.9. The number of halogens is 3. The number of hydrogen-bond donors (Lipinski definition) is 3. The van der Waals surface area contributed by atoms with Gasteiger partial charge in [-0.3, -0.25) is 0 Å². The van der Waals surface area contributed by atoms with Gasteiger partial charge in [0, 0.05) is 0 Å². The number of rotatable bonds is 5. The highest BCUT2D eigenvalue weighted by Crippen LogP contribution is 2.22. The molecule has 0 aliphatic rings. The van der Waals surface area contributed by atoms with Gasteiger partial charge in [0.25, 0.3) is 0 Å². The number of hydrogen-bond acceptors (Lipinski definition) is 4. The summed E-state index contributed by atoms with van der Waals surface area (Å²) in [6.07, 6.45) is -7.05. The van der Waals surface area contributed by atoms with Crippen LogP contribution >= 0.6 is 0 Å². The van der Waals surface area contributed by atoms with Crippen LogP contribution in [-0.4, -0.2) is 40.8 Å². The van der Waals surface area contributed by atoms with Crippen molar-refractivity contribution in [3.8, 4) is 5.75 Å². The largest absolute Gasteiger partial charge is 0.484 e. The van der Waals surface area contributed by atoms with Crippen molar-refractivity contribution < 1.29 is 33.2 Å². The quantitative estimate of drug-likeness (QED) is 0.744. The molecule has 18 heavy (non-hydrogen) atoms. The van der Waals surface area contributed by atoms with Gasteiger partial charge < -0.3 is 20.1 Å². The highest BCUT2D eigenvalue weighted by molar-refractivity contribution is 5.29. The molecule has 0 fully saturated rings. The van der Waals surface area contributed by atoms with E-state index in [1.807, 2.05) is 0 Å². The van der Waals surface area contributed by atoms with Gasteiger partial charge in [-0.15, -0.1) is 0 Å². The van der Waals surface area contributed by atoms with Crippen LogP contribution in [0.3, 0.4) is 0 Å². The fourth-order valence-corrected chi connectivity index (χ4v) is 1.25. The number of alkyl halides is 3. The molecule has 0 aliphatic carbocycles. The van der Waals surface area contributed by atoms with E-state index in [1.54, 1.807) is 0 Å². The Bertz CT molecular complexity index is 364. The first-order valence-corrected chi connectivity index (χ1v) is 5.10. The minimum atomic E-state index is -4.41. The number of benzene rings is 1. The lowest BCUT2D eigenvalue weighted by molar-refractivity contribution is -0.153. The molecular weight excluding hydrogens is 253 g/mol. The van der Waals surface area contributed by atoms with Gasteiger partial charge in [0.2, 0.25) is 0 Å². The Kier molecular flexibility index (Phi) is 4.94. The molecule has 0 radical (unpaired) electrons. The Labute approximate surface area is 101 Å². The van der Waals surface area contributed by atoms with Crippen molar-refractivity contribution in [2.75, 3.05) is 13.2 Å². The maximum absolute atomic E-state index is 11.9. The summed E-state index contributed by atoms with van der Waals surface area (Å²) in [7, 11) is 0. The Morgan fingerprint density at radius 3 is 2.11 bits per heavy atom. The molecule has 0 bridgehead atoms. The summed E-state index contributed by atoms with van der Waals surface area (Å²) in [5, 5.41) is 27.3. The molecule has 3 N–H and O–H groups in total. The molecule has 2 atom stereocenters. The van der Waals surface area contributed by atoms with Crippen LogP contribution in [0.15, 0.2) is 24.3 Å². The molecule has 7 heteroatoms. The Morgan fingerprint density at radius 2 is 1.67 bits per heavy atom. The van der Waals surface area contributed by atoms with E-state index < -0.39 is 31.6 Å². The maximum Gasteiger partial charge on any atom is 0.422 e. The summed E-state index contributed by atoms with van der Waals surface area (Å²) < 4.78 is 40.1. The zero-order valence-electron chi connectivity index (χ0n) is 9.26. The normalized spacial score (nSPS) is 15.2. The summed E-state index contributed by atoms with van der Waals surface area (Å²) in [6.45, 7) is -2.01. The fourth-order valence-electron chi connectivity index (χ4n) is 1.25. The Hall–Kier alpha value is -1.31. The van der Waals surface area contributed by atoms with Crippen LogP contribution in [0.25, 0.3) is 0 Å². The molecule has 0 aliphatic heterocycles. The van der Waals surface area contributed by atoms with E-state index in [0.717, 1.165) is 0 Å². The smallest absolute Gasteiger partial charge is 0.422 e. The first-order valence-electron chi connectivity index (χ1n) is 5.10. The highest BCUT2D eigenvalue weighted by atomic mass is 19.4. The van der Waals surface area contributed by atoms with Gasteiger partial charge >= 0.3 is 6.18 Å². The van der Waals surface area contributed by atoms with E-state index in [0.29, 0.717) is 0 Å². The molecule has 1 aromatic rings. The van der Waals surface area contributed by atoms with Crippen molar-refractivity contribution in [2.24, 2.45) is 0 Å². The van der Waals surface area contributed by atoms with Gasteiger partial charge in [0.15, 0.2) is 6.61 Å². The predicted molar refractivity (Wildman–Crippen MR) is 56.0 cm³/mol. The minimum Gasteiger partial charge on any atom is -0.484 e. The third-order valence-electron chi connectivity index (χ3n) is 2.18. The summed E-state index contributed by atoms with van der Waals surface area (Å²) in [5.41, 5.74) is 0.274. The average molecular weight is 266 g/mol. The van der Waals surface area contributed by atoms with E-state index in [1.165, 1.54) is 24.3 Å². The van der Waals surface area contributed by atoms with Crippen LogP contribution < -0.4 is 4.74 Å². The molecule has 4 nitrogen and oxygen atoms in total. The zero-order chi connectivity index (χ0) is 13.8. The van der Waals surface area contributed by atoms with Crippen LogP contribution in [0, 0.1) is 0 Å². The van der Waals surface area contributed by atoms with Crippen molar-refractivity contribution in [1.82, 2.24) is 0 Å². The van der Waals surface area contributed by atoms with Gasteiger partial charge in [-0.2, -0.15) is 13.2 Å². The lowest BCUT2D eigenvalue weighted by atomic mass is 10.1. The van der Waals surface area contributed by atoms with Gasteiger partial charge in [0.05, 0.1) is 6.61 Å². The molecule has 0 aromatic heterocycles. The van der Waals surface area contributed by atoms with Crippen molar-refractivity contribution >= 4 is 0 Å². The van der Waals surface area contributed by atoms with Crippen LogP contribution in [0.2, 0.25) is 0 Å². The van der Waals surface area contributed by atoms with Crippen LogP contribution in [-0.2, 0) is 0 Å². The molecule has 1 rings (SSSR count). The zero-order valence-corrected chi connectivity index (χ0v) is 9.26. The summed E-state index contributed by atoms with van der Waals surface area (Å²) in [5.74, 6) is 0.00163. The van der Waals surface area contributed by atoms with Crippen molar-refractivity contribution in [3.05, 3.63) is 29.8 Å². The van der Waals surface area contributed by atoms with Gasteiger partial charge in [-0.05, 0) is 17.7 Å². The van der Waals surface area contributed by atoms with Crippen molar-refractivity contribution in [1.29, 1.82) is 0 Å². The standard InChI is InChI=1S/C11H13F3O4/c12-11(13,14)6-18-8-3-1-7(2-4-8)10(17)9(16)5-15/h1-4,9-10,15-17H,5-6H2. The average Bonchev–Trinajstić information content (AvgIpc) is 2.34.